The lowest BCUT2D eigenvalue weighted by Crippen LogP contribution is -2.56. The first-order valence-electron chi connectivity index (χ1n) is 10.3. The molecule has 3 heterocycles. The van der Waals surface area contributed by atoms with Crippen molar-refractivity contribution in [3.63, 3.8) is 0 Å². The number of ether oxygens (including phenoxy) is 1. The van der Waals surface area contributed by atoms with Gasteiger partial charge in [0.25, 0.3) is 0 Å². The molecule has 30 heavy (non-hydrogen) atoms. The molecule has 0 atom stereocenters. The average Bonchev–Trinajstić information content (AvgIpc) is 3.15. The minimum Gasteiger partial charge on any atom is -0.378 e. The van der Waals surface area contributed by atoms with Crippen molar-refractivity contribution in [1.29, 1.82) is 0 Å². The van der Waals surface area contributed by atoms with Gasteiger partial charge in [0, 0.05) is 39.0 Å². The number of aryl methyl sites for hydroxylation is 1. The summed E-state index contributed by atoms with van der Waals surface area (Å²) in [5.74, 6) is 0.177. The summed E-state index contributed by atoms with van der Waals surface area (Å²) in [6.07, 6.45) is 1.58. The van der Waals surface area contributed by atoms with Gasteiger partial charge in [0.2, 0.25) is 5.95 Å². The Kier molecular flexibility index (Phi) is 5.10. The van der Waals surface area contributed by atoms with Crippen LogP contribution < -0.4 is 10.2 Å². The number of piperazine rings is 1. The van der Waals surface area contributed by atoms with E-state index in [4.69, 9.17) is 4.74 Å². The summed E-state index contributed by atoms with van der Waals surface area (Å²) < 4.78 is 20.4. The molecule has 158 valence electrons. The molecule has 7 nitrogen and oxygen atoms in total. The summed E-state index contributed by atoms with van der Waals surface area (Å²) in [5, 5.41) is 7.71. The van der Waals surface area contributed by atoms with Crippen LogP contribution in [0.15, 0.2) is 48.8 Å². The lowest BCUT2D eigenvalue weighted by Gasteiger charge is -2.43. The Morgan fingerprint density at radius 2 is 1.90 bits per heavy atom. The normalized spacial score (nSPS) is 17.7. The number of aromatic nitrogens is 3. The molecule has 0 amide bonds. The van der Waals surface area contributed by atoms with E-state index in [1.807, 2.05) is 0 Å². The van der Waals surface area contributed by atoms with E-state index in [-0.39, 0.29) is 7.24 Å². The van der Waals surface area contributed by atoms with Gasteiger partial charge in [-0.05, 0) is 48.9 Å². The van der Waals surface area contributed by atoms with Crippen LogP contribution in [0.3, 0.4) is 0 Å². The van der Waals surface area contributed by atoms with Gasteiger partial charge < -0.3 is 15.0 Å². The second kappa shape index (κ2) is 8.04. The van der Waals surface area contributed by atoms with Crippen molar-refractivity contribution < 1.29 is 10.6 Å². The molecule has 2 fully saturated rings. The summed E-state index contributed by atoms with van der Waals surface area (Å²) in [5.41, 5.74) is 3.95. The SMILES string of the molecule is Cc1cc(Nc2ncn(-c3cccc(F)c3)n2)cc(N2CCN(C3COC3)CC2)c1.[HH]. The Morgan fingerprint density at radius 3 is 2.63 bits per heavy atom. The molecule has 0 saturated carbocycles. The average molecular weight is 410 g/mol. The van der Waals surface area contributed by atoms with Gasteiger partial charge in [-0.3, -0.25) is 4.90 Å². The van der Waals surface area contributed by atoms with Gasteiger partial charge in [-0.25, -0.2) is 9.07 Å². The Hall–Kier alpha value is -2.97. The molecule has 2 saturated heterocycles. The van der Waals surface area contributed by atoms with Crippen LogP contribution in [0.25, 0.3) is 5.69 Å². The van der Waals surface area contributed by atoms with E-state index in [2.05, 4.69) is 50.3 Å². The predicted molar refractivity (Wildman–Crippen MR) is 116 cm³/mol. The molecule has 0 unspecified atom stereocenters. The quantitative estimate of drug-likeness (QED) is 0.697. The van der Waals surface area contributed by atoms with Crippen LogP contribution in [0, 0.1) is 12.7 Å². The van der Waals surface area contributed by atoms with Gasteiger partial charge in [0.15, 0.2) is 0 Å². The van der Waals surface area contributed by atoms with Gasteiger partial charge in [0.05, 0.1) is 24.9 Å². The van der Waals surface area contributed by atoms with Gasteiger partial charge >= 0.3 is 0 Å². The number of hydrogen-bond acceptors (Lipinski definition) is 6. The minimum atomic E-state index is -0.300. The van der Waals surface area contributed by atoms with Crippen molar-refractivity contribution in [2.75, 3.05) is 49.6 Å². The van der Waals surface area contributed by atoms with Crippen LogP contribution in [0.4, 0.5) is 21.7 Å². The lowest BCUT2D eigenvalue weighted by molar-refractivity contribution is -0.0660. The number of benzene rings is 2. The molecule has 3 aromatic rings. The fourth-order valence-electron chi connectivity index (χ4n) is 3.99. The van der Waals surface area contributed by atoms with E-state index >= 15 is 0 Å². The highest BCUT2D eigenvalue weighted by Gasteiger charge is 2.29. The van der Waals surface area contributed by atoms with E-state index in [0.29, 0.717) is 17.7 Å². The summed E-state index contributed by atoms with van der Waals surface area (Å²) in [6.45, 7) is 7.96. The number of nitrogens with one attached hydrogen (secondary N) is 1. The standard InChI is InChI=1S/C22H25FN6O.H2/c1-16-9-18(25-22-24-15-29(26-22)19-4-2-3-17(23)11-19)12-20(10-16)27-5-7-28(8-6-27)21-13-30-14-21;/h2-4,9-12,15,21H,5-8,13-14H2,1H3,(H,25,26);1H. The third kappa shape index (κ3) is 4.01. The van der Waals surface area contributed by atoms with E-state index in [9.17, 15) is 4.39 Å². The third-order valence-electron chi connectivity index (χ3n) is 5.70. The first-order valence-corrected chi connectivity index (χ1v) is 10.3. The molecule has 8 heteroatoms. The number of hydrogen-bond donors (Lipinski definition) is 1. The number of anilines is 3. The molecule has 1 aromatic heterocycles. The van der Waals surface area contributed by atoms with Crippen molar-refractivity contribution in [2.45, 2.75) is 13.0 Å². The summed E-state index contributed by atoms with van der Waals surface area (Å²) in [6, 6.07) is 13.3. The van der Waals surface area contributed by atoms with Crippen molar-refractivity contribution in [2.24, 2.45) is 0 Å². The molecular formula is C22H27FN6O. The van der Waals surface area contributed by atoms with Gasteiger partial charge in [-0.1, -0.05) is 6.07 Å². The molecule has 0 spiro atoms. The molecular weight excluding hydrogens is 383 g/mol. The largest absolute Gasteiger partial charge is 0.378 e. The maximum Gasteiger partial charge on any atom is 0.246 e. The number of rotatable bonds is 5. The fourth-order valence-corrected chi connectivity index (χ4v) is 3.99. The first kappa shape index (κ1) is 19.0. The molecule has 0 aliphatic carbocycles. The van der Waals surface area contributed by atoms with E-state index in [1.54, 1.807) is 23.1 Å². The van der Waals surface area contributed by atoms with Gasteiger partial charge in [-0.2, -0.15) is 4.98 Å². The fraction of sp³-hybridized carbons (Fsp3) is 0.364. The van der Waals surface area contributed by atoms with Crippen molar-refractivity contribution >= 4 is 17.3 Å². The minimum absolute atomic E-state index is 0. The van der Waals surface area contributed by atoms with Gasteiger partial charge in [0.1, 0.15) is 12.1 Å². The summed E-state index contributed by atoms with van der Waals surface area (Å²) >= 11 is 0. The van der Waals surface area contributed by atoms with Crippen LogP contribution in [-0.2, 0) is 4.74 Å². The van der Waals surface area contributed by atoms with Crippen LogP contribution in [-0.4, -0.2) is 65.1 Å². The van der Waals surface area contributed by atoms with Gasteiger partial charge in [-0.15, -0.1) is 5.10 Å². The van der Waals surface area contributed by atoms with Crippen molar-refractivity contribution in [1.82, 2.24) is 19.7 Å². The second-order valence-corrected chi connectivity index (χ2v) is 7.89. The van der Waals surface area contributed by atoms with E-state index < -0.39 is 0 Å². The maximum atomic E-state index is 13.5. The zero-order valence-corrected chi connectivity index (χ0v) is 17.0. The van der Waals surface area contributed by atoms with Crippen LogP contribution in [0.1, 0.15) is 6.99 Å². The first-order chi connectivity index (χ1) is 14.6. The zero-order valence-electron chi connectivity index (χ0n) is 17.0. The highest BCUT2D eigenvalue weighted by Crippen LogP contribution is 2.26. The molecule has 2 aliphatic rings. The molecule has 0 bridgehead atoms. The molecule has 2 aromatic carbocycles. The monoisotopic (exact) mass is 410 g/mol. The highest BCUT2D eigenvalue weighted by molar-refractivity contribution is 5.64. The topological polar surface area (TPSA) is 58.5 Å². The van der Waals surface area contributed by atoms with Crippen molar-refractivity contribution in [3.05, 3.63) is 60.2 Å². The van der Waals surface area contributed by atoms with Crippen LogP contribution in [0.5, 0.6) is 0 Å². The predicted octanol–water partition coefficient (Wildman–Crippen LogP) is 3.23. The number of nitrogens with zero attached hydrogens (tertiary/aromatic N) is 5. The maximum absolute atomic E-state index is 13.5. The second-order valence-electron chi connectivity index (χ2n) is 7.89. The Morgan fingerprint density at radius 1 is 1.07 bits per heavy atom. The highest BCUT2D eigenvalue weighted by atomic mass is 19.1. The van der Waals surface area contributed by atoms with E-state index in [1.165, 1.54) is 23.4 Å². The van der Waals surface area contributed by atoms with E-state index in [0.717, 1.165) is 45.1 Å². The third-order valence-corrected chi connectivity index (χ3v) is 5.70. The Labute approximate surface area is 176 Å². The molecule has 2 aliphatic heterocycles. The molecule has 1 N–H and O–H groups in total. The van der Waals surface area contributed by atoms with Crippen molar-refractivity contribution in [3.8, 4) is 5.69 Å². The Balaban J connectivity index is 0.00000231. The molecule has 5 rings (SSSR count). The van der Waals surface area contributed by atoms with Crippen LogP contribution in [0.2, 0.25) is 0 Å². The zero-order chi connectivity index (χ0) is 20.5. The number of halogens is 1. The Bertz CT molecular complexity index is 1030. The summed E-state index contributed by atoms with van der Waals surface area (Å²) in [4.78, 5) is 9.27. The lowest BCUT2D eigenvalue weighted by atomic mass is 10.1. The molecule has 0 radical (unpaired) electrons. The van der Waals surface area contributed by atoms with Crippen LogP contribution >= 0.6 is 0 Å². The smallest absolute Gasteiger partial charge is 0.246 e. The summed E-state index contributed by atoms with van der Waals surface area (Å²) in [7, 11) is 0.